The number of rotatable bonds is 5. The molecule has 1 aromatic carbocycles. The molecule has 0 aromatic heterocycles. The standard InChI is InChI=1S/C13H18N2O2S/c1-18-13(5-2-6-13)8-15-9-3-4-10(12(16)17)11(14)7-9/h3-4,7,15H,2,5-6,8,14H2,1H3,(H,16,17). The van der Waals surface area contributed by atoms with Gasteiger partial charge in [0.25, 0.3) is 0 Å². The van der Waals surface area contributed by atoms with Crippen LogP contribution in [0.1, 0.15) is 29.6 Å². The SMILES string of the molecule is CSC1(CNc2ccc(C(=O)O)c(N)c2)CCC1. The van der Waals surface area contributed by atoms with Crippen LogP contribution in [0.3, 0.4) is 0 Å². The van der Waals surface area contributed by atoms with E-state index in [0.29, 0.717) is 10.4 Å². The second kappa shape index (κ2) is 5.10. The predicted molar refractivity (Wildman–Crippen MR) is 76.4 cm³/mol. The molecule has 0 spiro atoms. The fourth-order valence-electron chi connectivity index (χ4n) is 2.15. The van der Waals surface area contributed by atoms with Gasteiger partial charge in [0.2, 0.25) is 0 Å². The van der Waals surface area contributed by atoms with E-state index in [1.165, 1.54) is 19.3 Å². The zero-order valence-corrected chi connectivity index (χ0v) is 11.2. The maximum atomic E-state index is 10.8. The third kappa shape index (κ3) is 2.56. The first kappa shape index (κ1) is 13.1. The van der Waals surface area contributed by atoms with Crippen LogP contribution in [0.15, 0.2) is 18.2 Å². The van der Waals surface area contributed by atoms with Gasteiger partial charge in [0, 0.05) is 22.7 Å². The quantitative estimate of drug-likeness (QED) is 0.714. The van der Waals surface area contributed by atoms with Gasteiger partial charge in [-0.1, -0.05) is 6.42 Å². The maximum absolute atomic E-state index is 10.8. The summed E-state index contributed by atoms with van der Waals surface area (Å²) in [6.07, 6.45) is 5.92. The summed E-state index contributed by atoms with van der Waals surface area (Å²) in [6.45, 7) is 0.903. The van der Waals surface area contributed by atoms with Gasteiger partial charge in [-0.05, 0) is 37.3 Å². The van der Waals surface area contributed by atoms with Crippen molar-refractivity contribution in [3.8, 4) is 0 Å². The predicted octanol–water partition coefficient (Wildman–Crippen LogP) is 2.66. The molecule has 0 unspecified atom stereocenters. The van der Waals surface area contributed by atoms with Crippen molar-refractivity contribution in [1.29, 1.82) is 0 Å². The second-order valence-corrected chi connectivity index (χ2v) is 5.98. The molecule has 1 saturated carbocycles. The number of carboxylic acids is 1. The fourth-order valence-corrected chi connectivity index (χ4v) is 3.07. The Labute approximate surface area is 111 Å². The molecule has 4 nitrogen and oxygen atoms in total. The third-order valence-electron chi connectivity index (χ3n) is 3.59. The van der Waals surface area contributed by atoms with Crippen molar-refractivity contribution in [1.82, 2.24) is 0 Å². The average Bonchev–Trinajstić information content (AvgIpc) is 2.27. The van der Waals surface area contributed by atoms with Gasteiger partial charge in [0.05, 0.1) is 5.56 Å². The van der Waals surface area contributed by atoms with Gasteiger partial charge < -0.3 is 16.2 Å². The van der Waals surface area contributed by atoms with Gasteiger partial charge >= 0.3 is 5.97 Å². The second-order valence-electron chi connectivity index (χ2n) is 4.70. The summed E-state index contributed by atoms with van der Waals surface area (Å²) >= 11 is 1.90. The Bertz CT molecular complexity index is 453. The van der Waals surface area contributed by atoms with Crippen molar-refractivity contribution in [2.24, 2.45) is 0 Å². The largest absolute Gasteiger partial charge is 0.478 e. The average molecular weight is 266 g/mol. The zero-order chi connectivity index (χ0) is 13.2. The molecule has 1 aliphatic carbocycles. The summed E-state index contributed by atoms with van der Waals surface area (Å²) in [7, 11) is 0. The topological polar surface area (TPSA) is 75.3 Å². The zero-order valence-electron chi connectivity index (χ0n) is 10.4. The molecule has 1 aromatic rings. The minimum absolute atomic E-state index is 0.156. The summed E-state index contributed by atoms with van der Waals surface area (Å²) in [6, 6.07) is 5.01. The van der Waals surface area contributed by atoms with Crippen LogP contribution in [0, 0.1) is 0 Å². The summed E-state index contributed by atoms with van der Waals surface area (Å²) in [5, 5.41) is 12.2. The molecule has 1 aliphatic rings. The molecule has 0 heterocycles. The minimum Gasteiger partial charge on any atom is -0.478 e. The normalized spacial score (nSPS) is 16.9. The summed E-state index contributed by atoms with van der Waals surface area (Å²) in [4.78, 5) is 10.8. The number of carbonyl (C=O) groups is 1. The molecular weight excluding hydrogens is 248 g/mol. The highest BCUT2D eigenvalue weighted by atomic mass is 32.2. The van der Waals surface area contributed by atoms with Crippen molar-refractivity contribution in [2.75, 3.05) is 23.9 Å². The van der Waals surface area contributed by atoms with Gasteiger partial charge in [-0.15, -0.1) is 0 Å². The van der Waals surface area contributed by atoms with E-state index in [-0.39, 0.29) is 5.56 Å². The van der Waals surface area contributed by atoms with Crippen molar-refractivity contribution in [3.05, 3.63) is 23.8 Å². The Hall–Kier alpha value is -1.36. The number of nitrogens with one attached hydrogen (secondary N) is 1. The number of hydrogen-bond acceptors (Lipinski definition) is 4. The lowest BCUT2D eigenvalue weighted by molar-refractivity contribution is 0.0698. The first-order chi connectivity index (χ1) is 8.56. The Balaban J connectivity index is 2.02. The Morgan fingerprint density at radius 3 is 2.72 bits per heavy atom. The van der Waals surface area contributed by atoms with Crippen LogP contribution in [0.5, 0.6) is 0 Å². The maximum Gasteiger partial charge on any atom is 0.337 e. The lowest BCUT2D eigenvalue weighted by Crippen LogP contribution is -2.40. The van der Waals surface area contributed by atoms with Gasteiger partial charge in [-0.25, -0.2) is 4.79 Å². The molecule has 0 aliphatic heterocycles. The Kier molecular flexibility index (Phi) is 3.71. The van der Waals surface area contributed by atoms with E-state index in [0.717, 1.165) is 12.2 Å². The molecule has 0 saturated heterocycles. The highest BCUT2D eigenvalue weighted by molar-refractivity contribution is 8.00. The number of anilines is 2. The van der Waals surface area contributed by atoms with Crippen molar-refractivity contribution < 1.29 is 9.90 Å². The Morgan fingerprint density at radius 2 is 2.28 bits per heavy atom. The highest BCUT2D eigenvalue weighted by Crippen LogP contribution is 2.42. The number of hydrogen-bond donors (Lipinski definition) is 3. The smallest absolute Gasteiger partial charge is 0.337 e. The van der Waals surface area contributed by atoms with Crippen LogP contribution in [-0.4, -0.2) is 28.6 Å². The van der Waals surface area contributed by atoms with E-state index in [1.807, 2.05) is 11.8 Å². The van der Waals surface area contributed by atoms with Gasteiger partial charge in [-0.3, -0.25) is 0 Å². The number of nitrogens with two attached hydrogens (primary N) is 1. The van der Waals surface area contributed by atoms with Gasteiger partial charge in [-0.2, -0.15) is 11.8 Å². The summed E-state index contributed by atoms with van der Waals surface area (Å²) in [5.41, 5.74) is 7.06. The van der Waals surface area contributed by atoms with Crippen LogP contribution in [-0.2, 0) is 0 Å². The molecule has 4 N–H and O–H groups in total. The molecule has 0 radical (unpaired) electrons. The van der Waals surface area contributed by atoms with E-state index in [4.69, 9.17) is 10.8 Å². The van der Waals surface area contributed by atoms with Gasteiger partial charge in [0.1, 0.15) is 0 Å². The number of thioether (sulfide) groups is 1. The van der Waals surface area contributed by atoms with Crippen molar-refractivity contribution in [2.45, 2.75) is 24.0 Å². The summed E-state index contributed by atoms with van der Waals surface area (Å²) < 4.78 is 0.347. The number of aromatic carboxylic acids is 1. The van der Waals surface area contributed by atoms with E-state index in [1.54, 1.807) is 18.2 Å². The molecule has 0 amide bonds. The van der Waals surface area contributed by atoms with E-state index >= 15 is 0 Å². The molecule has 0 atom stereocenters. The highest BCUT2D eigenvalue weighted by Gasteiger charge is 2.35. The molecule has 0 bridgehead atoms. The monoisotopic (exact) mass is 266 g/mol. The molecule has 1 fully saturated rings. The van der Waals surface area contributed by atoms with E-state index in [2.05, 4.69) is 11.6 Å². The molecule has 2 rings (SSSR count). The lowest BCUT2D eigenvalue weighted by Gasteiger charge is -2.40. The first-order valence-corrected chi connectivity index (χ1v) is 7.21. The molecule has 98 valence electrons. The van der Waals surface area contributed by atoms with E-state index in [9.17, 15) is 4.79 Å². The molecule has 18 heavy (non-hydrogen) atoms. The minimum atomic E-state index is -0.987. The Morgan fingerprint density at radius 1 is 1.56 bits per heavy atom. The summed E-state index contributed by atoms with van der Waals surface area (Å²) in [5.74, 6) is -0.987. The van der Waals surface area contributed by atoms with Crippen LogP contribution in [0.25, 0.3) is 0 Å². The molecule has 5 heteroatoms. The van der Waals surface area contributed by atoms with Crippen LogP contribution in [0.4, 0.5) is 11.4 Å². The van der Waals surface area contributed by atoms with Crippen LogP contribution >= 0.6 is 11.8 Å². The number of carboxylic acid groups (broad SMARTS) is 1. The van der Waals surface area contributed by atoms with Crippen molar-refractivity contribution in [3.63, 3.8) is 0 Å². The lowest BCUT2D eigenvalue weighted by atomic mass is 9.84. The van der Waals surface area contributed by atoms with E-state index < -0.39 is 5.97 Å². The first-order valence-electron chi connectivity index (χ1n) is 5.98. The van der Waals surface area contributed by atoms with Crippen LogP contribution in [0.2, 0.25) is 0 Å². The number of benzene rings is 1. The molecular formula is C13H18N2O2S. The third-order valence-corrected chi connectivity index (χ3v) is 5.01. The van der Waals surface area contributed by atoms with Gasteiger partial charge in [0.15, 0.2) is 0 Å². The number of nitrogen functional groups attached to an aromatic ring is 1. The fraction of sp³-hybridized carbons (Fsp3) is 0.462. The van der Waals surface area contributed by atoms with Crippen LogP contribution < -0.4 is 11.1 Å². The van der Waals surface area contributed by atoms with Crippen molar-refractivity contribution >= 4 is 29.1 Å².